The average Bonchev–Trinajstić information content (AvgIpc) is 3.27. The molecular formula is C30H43N7O2. The minimum Gasteiger partial charge on any atom is -0.388 e. The van der Waals surface area contributed by atoms with Gasteiger partial charge in [0.05, 0.1) is 18.9 Å². The third kappa shape index (κ3) is 4.84. The monoisotopic (exact) mass is 533 g/mol. The van der Waals surface area contributed by atoms with Crippen LogP contribution in [0.2, 0.25) is 0 Å². The lowest BCUT2D eigenvalue weighted by Crippen LogP contribution is -2.62. The van der Waals surface area contributed by atoms with Crippen LogP contribution in [0.15, 0.2) is 12.1 Å². The molecule has 3 aliphatic carbocycles. The van der Waals surface area contributed by atoms with Gasteiger partial charge in [-0.05, 0) is 75.5 Å². The summed E-state index contributed by atoms with van der Waals surface area (Å²) in [6.45, 7) is 8.88. The molecule has 5 aliphatic rings. The zero-order valence-electron chi connectivity index (χ0n) is 23.7. The van der Waals surface area contributed by atoms with E-state index in [4.69, 9.17) is 15.2 Å². The van der Waals surface area contributed by atoms with Gasteiger partial charge < -0.3 is 31.0 Å². The number of nitrogens with one attached hydrogen (secondary N) is 4. The van der Waals surface area contributed by atoms with E-state index in [2.05, 4.69) is 51.5 Å². The number of amides is 1. The summed E-state index contributed by atoms with van der Waals surface area (Å²) in [4.78, 5) is 15.3. The lowest BCUT2D eigenvalue weighted by atomic mass is 9.57. The largest absolute Gasteiger partial charge is 0.388 e. The van der Waals surface area contributed by atoms with Gasteiger partial charge in [0.15, 0.2) is 0 Å². The zero-order valence-corrected chi connectivity index (χ0v) is 23.7. The van der Waals surface area contributed by atoms with Crippen molar-refractivity contribution in [1.29, 1.82) is 5.41 Å². The molecule has 2 aromatic rings. The van der Waals surface area contributed by atoms with E-state index in [0.29, 0.717) is 13.2 Å². The van der Waals surface area contributed by atoms with E-state index in [1.54, 1.807) is 0 Å². The number of carbonyl (C=O) groups is 1. The summed E-state index contributed by atoms with van der Waals surface area (Å²) in [6, 6.07) is 4.09. The normalized spacial score (nSPS) is 28.2. The molecule has 9 nitrogen and oxygen atoms in total. The number of benzene rings is 1. The van der Waals surface area contributed by atoms with Gasteiger partial charge in [0, 0.05) is 79.6 Å². The third-order valence-corrected chi connectivity index (χ3v) is 9.91. The SMILES string of the molecule is CNc1cc(C)cc(N2CCc3c(c(C)nn3CC34CCC(NC(=O)[C@@H]5COCCN5)(CC3)CC4)C2)c1C=N. The lowest BCUT2D eigenvalue weighted by Gasteiger charge is -2.54. The molecule has 7 rings (SSSR count). The van der Waals surface area contributed by atoms with Crippen molar-refractivity contribution in [2.75, 3.05) is 43.6 Å². The van der Waals surface area contributed by atoms with Crippen LogP contribution in [0, 0.1) is 24.7 Å². The quantitative estimate of drug-likeness (QED) is 0.407. The molecule has 4 N–H and O–H groups in total. The molecule has 2 bridgehead atoms. The van der Waals surface area contributed by atoms with Crippen molar-refractivity contribution in [3.63, 3.8) is 0 Å². The number of carbonyl (C=O) groups excluding carboxylic acids is 1. The highest BCUT2D eigenvalue weighted by Crippen LogP contribution is 2.53. The molecule has 39 heavy (non-hydrogen) atoms. The number of anilines is 2. The number of ether oxygens (including phenoxy) is 1. The zero-order chi connectivity index (χ0) is 27.2. The van der Waals surface area contributed by atoms with Crippen LogP contribution in [0.4, 0.5) is 11.4 Å². The highest BCUT2D eigenvalue weighted by Gasteiger charge is 2.50. The van der Waals surface area contributed by atoms with Gasteiger partial charge in [-0.25, -0.2) is 0 Å². The fraction of sp³-hybridized carbons (Fsp3) is 0.633. The molecule has 4 fully saturated rings. The maximum Gasteiger partial charge on any atom is 0.239 e. The molecular weight excluding hydrogens is 490 g/mol. The second kappa shape index (κ2) is 10.2. The Hall–Kier alpha value is -2.91. The van der Waals surface area contributed by atoms with Crippen LogP contribution in [-0.4, -0.2) is 66.8 Å². The molecule has 210 valence electrons. The van der Waals surface area contributed by atoms with Crippen LogP contribution in [0.1, 0.15) is 66.6 Å². The first-order chi connectivity index (χ1) is 18.8. The number of rotatable bonds is 7. The van der Waals surface area contributed by atoms with E-state index in [0.717, 1.165) is 93.8 Å². The maximum atomic E-state index is 12.9. The van der Waals surface area contributed by atoms with Gasteiger partial charge in [-0.3, -0.25) is 9.48 Å². The second-order valence-electron chi connectivity index (χ2n) is 12.3. The van der Waals surface area contributed by atoms with Gasteiger partial charge in [-0.2, -0.15) is 5.10 Å². The Morgan fingerprint density at radius 3 is 2.67 bits per heavy atom. The summed E-state index contributed by atoms with van der Waals surface area (Å²) in [6.07, 6.45) is 9.01. The first kappa shape index (κ1) is 26.3. The predicted molar refractivity (Wildman–Crippen MR) is 154 cm³/mol. The maximum absolute atomic E-state index is 12.9. The molecule has 0 radical (unpaired) electrons. The van der Waals surface area contributed by atoms with Crippen LogP contribution in [0.5, 0.6) is 0 Å². The van der Waals surface area contributed by atoms with Crippen molar-refractivity contribution in [3.05, 3.63) is 40.2 Å². The van der Waals surface area contributed by atoms with Crippen molar-refractivity contribution in [3.8, 4) is 0 Å². The van der Waals surface area contributed by atoms with Gasteiger partial charge in [-0.15, -0.1) is 0 Å². The molecule has 0 spiro atoms. The summed E-state index contributed by atoms with van der Waals surface area (Å²) >= 11 is 0. The van der Waals surface area contributed by atoms with E-state index in [1.807, 2.05) is 7.05 Å². The van der Waals surface area contributed by atoms with Gasteiger partial charge >= 0.3 is 0 Å². The summed E-state index contributed by atoms with van der Waals surface area (Å²) in [5, 5.41) is 23.1. The van der Waals surface area contributed by atoms with E-state index in [1.165, 1.54) is 23.0 Å². The summed E-state index contributed by atoms with van der Waals surface area (Å²) < 4.78 is 7.84. The van der Waals surface area contributed by atoms with Crippen molar-refractivity contribution < 1.29 is 9.53 Å². The number of morpholine rings is 1. The highest BCUT2D eigenvalue weighted by molar-refractivity contribution is 5.94. The summed E-state index contributed by atoms with van der Waals surface area (Å²) in [5.74, 6) is 0.104. The lowest BCUT2D eigenvalue weighted by molar-refractivity contribution is -0.130. The molecule has 2 aliphatic heterocycles. The van der Waals surface area contributed by atoms with Crippen LogP contribution in [0.25, 0.3) is 0 Å². The fourth-order valence-corrected chi connectivity index (χ4v) is 7.49. The van der Waals surface area contributed by atoms with Gasteiger partial charge in [0.1, 0.15) is 6.04 Å². The number of fused-ring (bicyclic) bond motifs is 4. The van der Waals surface area contributed by atoms with Gasteiger partial charge in [-0.1, -0.05) is 0 Å². The summed E-state index contributed by atoms with van der Waals surface area (Å²) in [7, 11) is 1.92. The molecule has 1 atom stereocenters. The Balaban J connectivity index is 1.15. The molecule has 1 aromatic carbocycles. The Labute approximate surface area is 231 Å². The standard InChI is InChI=1S/C30H43N7O2/c1-20-14-24(32-3)22(16-31)27(15-20)36-12-4-26-23(17-36)21(2)35-37(26)19-29-5-8-30(9-6-29,10-7-29)34-28(38)25-18-39-13-11-33-25/h14-16,25,31-33H,4-13,17-19H2,1-3H3,(H,34,38)/t25-,29?,30?/m0/s1. The number of aryl methyl sites for hydroxylation is 2. The van der Waals surface area contributed by atoms with Crippen molar-refractivity contribution >= 4 is 23.5 Å². The van der Waals surface area contributed by atoms with E-state index in [-0.39, 0.29) is 22.9 Å². The molecule has 1 saturated heterocycles. The first-order valence-corrected chi connectivity index (χ1v) is 14.6. The predicted octanol–water partition coefficient (Wildman–Crippen LogP) is 3.30. The summed E-state index contributed by atoms with van der Waals surface area (Å²) in [5.41, 5.74) is 8.34. The molecule has 3 saturated carbocycles. The first-order valence-electron chi connectivity index (χ1n) is 14.6. The van der Waals surface area contributed by atoms with Crippen LogP contribution in [-0.2, 0) is 29.0 Å². The Kier molecular flexibility index (Phi) is 6.91. The average molecular weight is 534 g/mol. The smallest absolute Gasteiger partial charge is 0.239 e. The topological polar surface area (TPSA) is 107 Å². The van der Waals surface area contributed by atoms with Crippen molar-refractivity contribution in [2.45, 2.75) is 83.5 Å². The van der Waals surface area contributed by atoms with Crippen LogP contribution < -0.4 is 20.9 Å². The second-order valence-corrected chi connectivity index (χ2v) is 12.3. The van der Waals surface area contributed by atoms with E-state index < -0.39 is 0 Å². The highest BCUT2D eigenvalue weighted by atomic mass is 16.5. The number of nitrogens with zero attached hydrogens (tertiary/aromatic N) is 3. The Bertz CT molecular complexity index is 1240. The van der Waals surface area contributed by atoms with E-state index in [9.17, 15) is 4.79 Å². The minimum atomic E-state index is -0.223. The molecule has 3 heterocycles. The molecule has 1 aromatic heterocycles. The van der Waals surface area contributed by atoms with Crippen LogP contribution in [0.3, 0.4) is 0 Å². The third-order valence-electron chi connectivity index (χ3n) is 9.91. The number of hydrogen-bond acceptors (Lipinski definition) is 7. The van der Waals surface area contributed by atoms with Crippen molar-refractivity contribution in [1.82, 2.24) is 20.4 Å². The minimum absolute atomic E-state index is 0.0511. The Morgan fingerprint density at radius 1 is 1.23 bits per heavy atom. The van der Waals surface area contributed by atoms with Gasteiger partial charge in [0.25, 0.3) is 0 Å². The van der Waals surface area contributed by atoms with Crippen LogP contribution >= 0.6 is 0 Å². The molecule has 9 heteroatoms. The number of hydrogen-bond donors (Lipinski definition) is 4. The van der Waals surface area contributed by atoms with E-state index >= 15 is 0 Å². The number of aromatic nitrogens is 2. The molecule has 1 amide bonds. The fourth-order valence-electron chi connectivity index (χ4n) is 7.49. The Morgan fingerprint density at radius 2 is 2.00 bits per heavy atom. The van der Waals surface area contributed by atoms with Crippen molar-refractivity contribution in [2.24, 2.45) is 5.41 Å². The molecule has 0 unspecified atom stereocenters. The van der Waals surface area contributed by atoms with Gasteiger partial charge in [0.2, 0.25) is 5.91 Å².